The Labute approximate surface area is 213 Å². The van der Waals surface area contributed by atoms with Crippen molar-refractivity contribution in [1.29, 1.82) is 0 Å². The molecular formula is C30H35N5O. The van der Waals surface area contributed by atoms with Crippen molar-refractivity contribution in [3.8, 4) is 0 Å². The molecule has 2 amide bonds. The zero-order valence-corrected chi connectivity index (χ0v) is 21.8. The van der Waals surface area contributed by atoms with Crippen LogP contribution in [0.5, 0.6) is 0 Å². The number of pyridine rings is 1. The Morgan fingerprint density at radius 3 is 2.28 bits per heavy atom. The number of nitrogens with two attached hydrogens (primary N) is 1. The van der Waals surface area contributed by atoms with Gasteiger partial charge in [0.1, 0.15) is 5.71 Å². The molecule has 1 aliphatic carbocycles. The van der Waals surface area contributed by atoms with Crippen LogP contribution >= 0.6 is 0 Å². The number of aryl methyl sites for hydroxylation is 1. The van der Waals surface area contributed by atoms with E-state index in [4.69, 9.17) is 10.8 Å². The molecule has 3 aromatic rings. The van der Waals surface area contributed by atoms with Crippen molar-refractivity contribution in [3.63, 3.8) is 0 Å². The standard InChI is InChI=1S/C30H35N5O/c1-20-9-14-24-26(16-20)34(22-12-10-21(31)11-13-22)28(36)35(33-27(24)25-8-6-7-15-32-25)23-17-29(2,3)19-30(4,5)18-23/h6-16,23H,17-19,31H2,1-5H3. The Bertz CT molecular complexity index is 1290. The van der Waals surface area contributed by atoms with E-state index in [1.165, 1.54) is 0 Å². The molecule has 0 saturated heterocycles. The molecule has 2 heterocycles. The van der Waals surface area contributed by atoms with Crippen LogP contribution in [-0.2, 0) is 0 Å². The summed E-state index contributed by atoms with van der Waals surface area (Å²) in [5.74, 6) is 0. The Balaban J connectivity index is 1.74. The highest BCUT2D eigenvalue weighted by Crippen LogP contribution is 2.48. The average Bonchev–Trinajstić information content (AvgIpc) is 2.92. The first-order chi connectivity index (χ1) is 17.0. The molecule has 2 aliphatic rings. The minimum atomic E-state index is -0.156. The molecule has 186 valence electrons. The summed E-state index contributed by atoms with van der Waals surface area (Å²) in [7, 11) is 0. The minimum absolute atomic E-state index is 0.0401. The minimum Gasteiger partial charge on any atom is -0.399 e. The van der Waals surface area contributed by atoms with Crippen LogP contribution in [0, 0.1) is 17.8 Å². The number of nitrogens with zero attached hydrogens (tertiary/aromatic N) is 4. The summed E-state index contributed by atoms with van der Waals surface area (Å²) in [5.41, 5.74) is 11.8. The molecule has 1 saturated carbocycles. The molecule has 0 atom stereocenters. The highest BCUT2D eigenvalue weighted by atomic mass is 16.2. The molecular weight excluding hydrogens is 446 g/mol. The van der Waals surface area contributed by atoms with Gasteiger partial charge in [-0.15, -0.1) is 0 Å². The number of fused-ring (bicyclic) bond motifs is 1. The Morgan fingerprint density at radius 1 is 0.944 bits per heavy atom. The Kier molecular flexibility index (Phi) is 5.86. The van der Waals surface area contributed by atoms with Gasteiger partial charge in [0, 0.05) is 17.4 Å². The fourth-order valence-corrected chi connectivity index (χ4v) is 6.20. The summed E-state index contributed by atoms with van der Waals surface area (Å²) < 4.78 is 0. The van der Waals surface area contributed by atoms with E-state index in [1.807, 2.05) is 55.5 Å². The predicted molar refractivity (Wildman–Crippen MR) is 146 cm³/mol. The summed E-state index contributed by atoms with van der Waals surface area (Å²) in [6.45, 7) is 11.2. The number of aromatic nitrogens is 1. The number of nitrogen functional groups attached to an aromatic ring is 1. The quantitative estimate of drug-likeness (QED) is 0.413. The van der Waals surface area contributed by atoms with Crippen molar-refractivity contribution in [2.75, 3.05) is 10.6 Å². The number of hydrogen-bond acceptors (Lipinski definition) is 4. The smallest absolute Gasteiger partial charge is 0.349 e. The van der Waals surface area contributed by atoms with Crippen LogP contribution in [0.4, 0.5) is 21.9 Å². The highest BCUT2D eigenvalue weighted by molar-refractivity contribution is 6.19. The number of hydrazone groups is 1. The maximum absolute atomic E-state index is 14.5. The third-order valence-electron chi connectivity index (χ3n) is 7.18. The van der Waals surface area contributed by atoms with Gasteiger partial charge in [0.05, 0.1) is 23.1 Å². The molecule has 2 aromatic carbocycles. The van der Waals surface area contributed by atoms with Gasteiger partial charge in [0.25, 0.3) is 0 Å². The lowest BCUT2D eigenvalue weighted by Crippen LogP contribution is -2.49. The monoisotopic (exact) mass is 481 g/mol. The van der Waals surface area contributed by atoms with E-state index in [9.17, 15) is 4.79 Å². The van der Waals surface area contributed by atoms with E-state index in [0.717, 1.165) is 47.5 Å². The summed E-state index contributed by atoms with van der Waals surface area (Å²) in [6, 6.07) is 19.3. The number of anilines is 3. The number of benzene rings is 2. The normalized spacial score (nSPS) is 19.5. The molecule has 2 N–H and O–H groups in total. The molecule has 5 rings (SSSR count). The second-order valence-electron chi connectivity index (χ2n) is 11.8. The van der Waals surface area contributed by atoms with Crippen molar-refractivity contribution in [2.24, 2.45) is 15.9 Å². The van der Waals surface area contributed by atoms with Gasteiger partial charge >= 0.3 is 6.03 Å². The number of rotatable bonds is 3. The van der Waals surface area contributed by atoms with Crippen molar-refractivity contribution >= 4 is 28.8 Å². The lowest BCUT2D eigenvalue weighted by Gasteiger charge is -2.47. The van der Waals surface area contributed by atoms with Gasteiger partial charge < -0.3 is 5.73 Å². The average molecular weight is 482 g/mol. The summed E-state index contributed by atoms with van der Waals surface area (Å²) in [5, 5.41) is 6.85. The number of urea groups is 1. The zero-order valence-electron chi connectivity index (χ0n) is 21.8. The zero-order chi connectivity index (χ0) is 25.7. The molecule has 0 spiro atoms. The second-order valence-corrected chi connectivity index (χ2v) is 11.8. The first kappa shape index (κ1) is 24.0. The number of carbonyl (C=O) groups excluding carboxylic acids is 1. The maximum Gasteiger partial charge on any atom is 0.349 e. The molecule has 36 heavy (non-hydrogen) atoms. The van der Waals surface area contributed by atoms with Gasteiger partial charge in [-0.05, 0) is 85.0 Å². The molecule has 6 heteroatoms. The predicted octanol–water partition coefficient (Wildman–Crippen LogP) is 6.90. The van der Waals surface area contributed by atoms with Crippen molar-refractivity contribution in [2.45, 2.75) is 59.9 Å². The lowest BCUT2D eigenvalue weighted by molar-refractivity contribution is 0.0426. The lowest BCUT2D eigenvalue weighted by atomic mass is 9.63. The van der Waals surface area contributed by atoms with Crippen LogP contribution in [0.25, 0.3) is 0 Å². The van der Waals surface area contributed by atoms with Crippen LogP contribution in [0.15, 0.2) is 72.0 Å². The summed E-state index contributed by atoms with van der Waals surface area (Å²) in [6.07, 6.45) is 4.64. The van der Waals surface area contributed by atoms with Crippen molar-refractivity contribution < 1.29 is 4.79 Å². The van der Waals surface area contributed by atoms with E-state index in [0.29, 0.717) is 11.4 Å². The Hall–Kier alpha value is -3.67. The van der Waals surface area contributed by atoms with Crippen LogP contribution in [0.1, 0.15) is 63.8 Å². The second kappa shape index (κ2) is 8.77. The number of hydrogen-bond donors (Lipinski definition) is 1. The number of carbonyl (C=O) groups is 1. The third-order valence-corrected chi connectivity index (χ3v) is 7.18. The fourth-order valence-electron chi connectivity index (χ4n) is 6.20. The largest absolute Gasteiger partial charge is 0.399 e. The van der Waals surface area contributed by atoms with Gasteiger partial charge in [-0.1, -0.05) is 45.9 Å². The molecule has 0 radical (unpaired) electrons. The topological polar surface area (TPSA) is 74.8 Å². The third kappa shape index (κ3) is 4.60. The molecule has 0 bridgehead atoms. The number of amides is 2. The van der Waals surface area contributed by atoms with Crippen molar-refractivity contribution in [1.82, 2.24) is 9.99 Å². The van der Waals surface area contributed by atoms with E-state index >= 15 is 0 Å². The first-order valence-corrected chi connectivity index (χ1v) is 12.6. The van der Waals surface area contributed by atoms with Crippen LogP contribution in [0.3, 0.4) is 0 Å². The van der Waals surface area contributed by atoms with Gasteiger partial charge in [-0.3, -0.25) is 9.88 Å². The Morgan fingerprint density at radius 2 is 1.64 bits per heavy atom. The molecule has 1 fully saturated rings. The van der Waals surface area contributed by atoms with Gasteiger partial charge in [0.15, 0.2) is 0 Å². The van der Waals surface area contributed by atoms with Gasteiger partial charge in [-0.2, -0.15) is 5.10 Å². The van der Waals surface area contributed by atoms with Crippen molar-refractivity contribution in [3.05, 3.63) is 83.7 Å². The van der Waals surface area contributed by atoms with E-state index < -0.39 is 0 Å². The van der Waals surface area contributed by atoms with Gasteiger partial charge in [-0.25, -0.2) is 9.80 Å². The van der Waals surface area contributed by atoms with Crippen LogP contribution in [0.2, 0.25) is 0 Å². The fraction of sp³-hybridized carbons (Fsp3) is 0.367. The van der Waals surface area contributed by atoms with E-state index in [1.54, 1.807) is 16.1 Å². The SMILES string of the molecule is Cc1ccc2c(c1)N(c1ccc(N)cc1)C(=O)N(C1CC(C)(C)CC(C)(C)C1)N=C2c1ccccn1. The summed E-state index contributed by atoms with van der Waals surface area (Å²) >= 11 is 0. The molecule has 1 aliphatic heterocycles. The molecule has 1 aromatic heterocycles. The maximum atomic E-state index is 14.5. The van der Waals surface area contributed by atoms with Gasteiger partial charge in [0.2, 0.25) is 0 Å². The van der Waals surface area contributed by atoms with E-state index in [-0.39, 0.29) is 22.9 Å². The van der Waals surface area contributed by atoms with Crippen LogP contribution in [-0.4, -0.2) is 27.8 Å². The summed E-state index contributed by atoms with van der Waals surface area (Å²) in [4.78, 5) is 20.9. The van der Waals surface area contributed by atoms with E-state index in [2.05, 4.69) is 44.8 Å². The molecule has 0 unspecified atom stereocenters. The first-order valence-electron chi connectivity index (χ1n) is 12.6. The van der Waals surface area contributed by atoms with Crippen LogP contribution < -0.4 is 10.6 Å². The highest BCUT2D eigenvalue weighted by Gasteiger charge is 2.44. The molecule has 6 nitrogen and oxygen atoms in total.